The molecule has 0 saturated carbocycles. The molecule has 94 valence electrons. The molecule has 1 aromatic carbocycles. The molecule has 0 spiro atoms. The fourth-order valence-corrected chi connectivity index (χ4v) is 1.83. The highest BCUT2D eigenvalue weighted by Gasteiger charge is 2.06. The Morgan fingerprint density at radius 3 is 2.83 bits per heavy atom. The Balaban J connectivity index is 1.95. The van der Waals surface area contributed by atoms with Crippen LogP contribution in [0.1, 0.15) is 5.56 Å². The summed E-state index contributed by atoms with van der Waals surface area (Å²) < 4.78 is 19.3. The number of rotatable bonds is 4. The zero-order chi connectivity index (χ0) is 13.0. The number of hydrogen-bond acceptors (Lipinski definition) is 3. The van der Waals surface area contributed by atoms with Crippen LogP contribution in [0.25, 0.3) is 0 Å². The summed E-state index contributed by atoms with van der Waals surface area (Å²) in [6.45, 7) is 0.333. The van der Waals surface area contributed by atoms with Crippen molar-refractivity contribution >= 4 is 21.6 Å². The summed E-state index contributed by atoms with van der Waals surface area (Å²) in [6.07, 6.45) is 2.11. The van der Waals surface area contributed by atoms with Crippen LogP contribution in [0.15, 0.2) is 41.0 Å². The number of para-hydroxylation sites is 1. The van der Waals surface area contributed by atoms with Crippen LogP contribution in [-0.2, 0) is 6.42 Å². The van der Waals surface area contributed by atoms with Crippen molar-refractivity contribution in [2.24, 2.45) is 0 Å². The lowest BCUT2D eigenvalue weighted by Gasteiger charge is -2.07. The average molecular weight is 311 g/mol. The monoisotopic (exact) mass is 310 g/mol. The van der Waals surface area contributed by atoms with Crippen LogP contribution >= 0.6 is 15.9 Å². The molecule has 0 unspecified atom stereocenters. The number of nitrogen functional groups attached to an aromatic ring is 1. The Hall–Kier alpha value is -1.62. The third kappa shape index (κ3) is 3.20. The summed E-state index contributed by atoms with van der Waals surface area (Å²) >= 11 is 3.14. The predicted molar refractivity (Wildman–Crippen MR) is 71.9 cm³/mol. The molecule has 0 fully saturated rings. The van der Waals surface area contributed by atoms with E-state index in [4.69, 9.17) is 10.5 Å². The van der Waals surface area contributed by atoms with Gasteiger partial charge in [0.2, 0.25) is 5.88 Å². The normalized spacial score (nSPS) is 10.3. The number of ether oxygens (including phenoxy) is 1. The molecule has 2 N–H and O–H groups in total. The van der Waals surface area contributed by atoms with Crippen LogP contribution in [0.5, 0.6) is 5.88 Å². The quantitative estimate of drug-likeness (QED) is 0.882. The summed E-state index contributed by atoms with van der Waals surface area (Å²) in [7, 11) is 0. The maximum Gasteiger partial charge on any atom is 0.250 e. The van der Waals surface area contributed by atoms with E-state index in [2.05, 4.69) is 20.9 Å². The Kier molecular flexibility index (Phi) is 4.15. The van der Waals surface area contributed by atoms with E-state index in [1.165, 1.54) is 12.3 Å². The van der Waals surface area contributed by atoms with Crippen molar-refractivity contribution in [3.8, 4) is 5.88 Å². The molecule has 0 aliphatic carbocycles. The standard InChI is InChI=1S/C13H12BrFN2O/c14-10-7-11(15)13(17-8-10)18-6-5-9-3-1-2-4-12(9)16/h1-4,7-8H,5-6,16H2. The van der Waals surface area contributed by atoms with E-state index in [9.17, 15) is 4.39 Å². The Morgan fingerprint density at radius 2 is 2.11 bits per heavy atom. The number of hydrogen-bond donors (Lipinski definition) is 1. The summed E-state index contributed by atoms with van der Waals surface area (Å²) in [5.74, 6) is -0.474. The van der Waals surface area contributed by atoms with Gasteiger partial charge in [-0.25, -0.2) is 9.37 Å². The first kappa shape index (κ1) is 12.8. The first-order valence-electron chi connectivity index (χ1n) is 5.44. The van der Waals surface area contributed by atoms with E-state index in [-0.39, 0.29) is 5.88 Å². The lowest BCUT2D eigenvalue weighted by Crippen LogP contribution is -2.05. The highest BCUT2D eigenvalue weighted by Crippen LogP contribution is 2.18. The molecule has 18 heavy (non-hydrogen) atoms. The number of halogens is 2. The smallest absolute Gasteiger partial charge is 0.250 e. The zero-order valence-corrected chi connectivity index (χ0v) is 11.2. The Bertz CT molecular complexity index is 548. The van der Waals surface area contributed by atoms with Gasteiger partial charge in [0.05, 0.1) is 6.61 Å². The molecular weight excluding hydrogens is 299 g/mol. The molecule has 0 aliphatic rings. The topological polar surface area (TPSA) is 48.1 Å². The SMILES string of the molecule is Nc1ccccc1CCOc1ncc(Br)cc1F. The summed E-state index contributed by atoms with van der Waals surface area (Å²) in [6, 6.07) is 8.84. The molecule has 1 heterocycles. The first-order chi connectivity index (χ1) is 8.66. The van der Waals surface area contributed by atoms with Crippen LogP contribution in [0, 0.1) is 5.82 Å². The van der Waals surface area contributed by atoms with Gasteiger partial charge >= 0.3 is 0 Å². The highest BCUT2D eigenvalue weighted by atomic mass is 79.9. The van der Waals surface area contributed by atoms with Gasteiger partial charge in [-0.1, -0.05) is 18.2 Å². The van der Waals surface area contributed by atoms with E-state index in [0.717, 1.165) is 5.56 Å². The maximum absolute atomic E-state index is 13.4. The van der Waals surface area contributed by atoms with Crippen molar-refractivity contribution in [1.82, 2.24) is 4.98 Å². The van der Waals surface area contributed by atoms with E-state index in [0.29, 0.717) is 23.2 Å². The minimum absolute atomic E-state index is 0.00713. The van der Waals surface area contributed by atoms with Gasteiger partial charge in [-0.15, -0.1) is 0 Å². The molecule has 5 heteroatoms. The van der Waals surface area contributed by atoms with Gasteiger partial charge in [0, 0.05) is 22.8 Å². The van der Waals surface area contributed by atoms with E-state index >= 15 is 0 Å². The average Bonchev–Trinajstić information content (AvgIpc) is 2.34. The van der Waals surface area contributed by atoms with Gasteiger partial charge in [-0.2, -0.15) is 0 Å². The van der Waals surface area contributed by atoms with Gasteiger partial charge in [-0.3, -0.25) is 0 Å². The van der Waals surface area contributed by atoms with Gasteiger partial charge < -0.3 is 10.5 Å². The number of benzene rings is 1. The van der Waals surface area contributed by atoms with Gasteiger partial charge in [0.15, 0.2) is 5.82 Å². The fourth-order valence-electron chi connectivity index (χ4n) is 1.53. The number of aromatic nitrogens is 1. The molecule has 0 bridgehead atoms. The number of nitrogens with zero attached hydrogens (tertiary/aromatic N) is 1. The molecule has 2 aromatic rings. The Labute approximate surface area is 113 Å². The first-order valence-corrected chi connectivity index (χ1v) is 6.23. The lowest BCUT2D eigenvalue weighted by atomic mass is 10.1. The third-order valence-corrected chi connectivity index (χ3v) is 2.87. The minimum atomic E-state index is -0.481. The number of pyridine rings is 1. The van der Waals surface area contributed by atoms with Gasteiger partial charge in [0.25, 0.3) is 0 Å². The van der Waals surface area contributed by atoms with Crippen molar-refractivity contribution in [3.63, 3.8) is 0 Å². The van der Waals surface area contributed by atoms with Crippen LogP contribution in [0.3, 0.4) is 0 Å². The van der Waals surface area contributed by atoms with Gasteiger partial charge in [0.1, 0.15) is 0 Å². The highest BCUT2D eigenvalue weighted by molar-refractivity contribution is 9.10. The lowest BCUT2D eigenvalue weighted by molar-refractivity contribution is 0.292. The van der Waals surface area contributed by atoms with Crippen LogP contribution < -0.4 is 10.5 Å². The second-order valence-electron chi connectivity index (χ2n) is 3.74. The molecule has 0 saturated heterocycles. The second kappa shape index (κ2) is 5.82. The summed E-state index contributed by atoms with van der Waals surface area (Å²) in [5, 5.41) is 0. The van der Waals surface area contributed by atoms with Gasteiger partial charge in [-0.05, 0) is 33.6 Å². The maximum atomic E-state index is 13.4. The van der Waals surface area contributed by atoms with Crippen molar-refractivity contribution in [2.45, 2.75) is 6.42 Å². The van der Waals surface area contributed by atoms with Crippen LogP contribution in [0.2, 0.25) is 0 Å². The zero-order valence-electron chi connectivity index (χ0n) is 9.57. The van der Waals surface area contributed by atoms with Crippen molar-refractivity contribution < 1.29 is 9.13 Å². The fraction of sp³-hybridized carbons (Fsp3) is 0.154. The number of nitrogens with two attached hydrogens (primary N) is 1. The van der Waals surface area contributed by atoms with Crippen LogP contribution in [-0.4, -0.2) is 11.6 Å². The third-order valence-electron chi connectivity index (χ3n) is 2.44. The van der Waals surface area contributed by atoms with Crippen molar-refractivity contribution in [2.75, 3.05) is 12.3 Å². The molecule has 0 radical (unpaired) electrons. The number of anilines is 1. The van der Waals surface area contributed by atoms with Crippen molar-refractivity contribution in [1.29, 1.82) is 0 Å². The van der Waals surface area contributed by atoms with E-state index in [1.54, 1.807) is 0 Å². The second-order valence-corrected chi connectivity index (χ2v) is 4.65. The molecule has 1 aromatic heterocycles. The Morgan fingerprint density at radius 1 is 1.33 bits per heavy atom. The molecule has 0 aliphatic heterocycles. The predicted octanol–water partition coefficient (Wildman–Crippen LogP) is 3.19. The van der Waals surface area contributed by atoms with E-state index in [1.807, 2.05) is 24.3 Å². The molecule has 3 nitrogen and oxygen atoms in total. The van der Waals surface area contributed by atoms with E-state index < -0.39 is 5.82 Å². The van der Waals surface area contributed by atoms with Crippen molar-refractivity contribution in [3.05, 3.63) is 52.4 Å². The minimum Gasteiger partial charge on any atom is -0.475 e. The van der Waals surface area contributed by atoms with Crippen LogP contribution in [0.4, 0.5) is 10.1 Å². The molecule has 0 amide bonds. The molecule has 2 rings (SSSR count). The largest absolute Gasteiger partial charge is 0.475 e. The summed E-state index contributed by atoms with van der Waals surface area (Å²) in [4.78, 5) is 3.86. The molecular formula is C13H12BrFN2O. The summed E-state index contributed by atoms with van der Waals surface area (Å²) in [5.41, 5.74) is 7.49. The molecule has 0 atom stereocenters.